The molecule has 1 aliphatic rings. The second-order valence-corrected chi connectivity index (χ2v) is 4.83. The molecule has 2 rings (SSSR count). The first kappa shape index (κ1) is 15.1. The SMILES string of the molecule is COc1cc2c(cc1OC)C(C(C)C)NCC2.Cl. The van der Waals surface area contributed by atoms with Gasteiger partial charge in [-0.25, -0.2) is 0 Å². The third-order valence-electron chi connectivity index (χ3n) is 3.41. The highest BCUT2D eigenvalue weighted by Gasteiger charge is 2.24. The summed E-state index contributed by atoms with van der Waals surface area (Å²) in [6, 6.07) is 4.65. The second kappa shape index (κ2) is 6.30. The van der Waals surface area contributed by atoms with Gasteiger partial charge < -0.3 is 14.8 Å². The van der Waals surface area contributed by atoms with Gasteiger partial charge in [-0.2, -0.15) is 0 Å². The summed E-state index contributed by atoms with van der Waals surface area (Å²) in [5.41, 5.74) is 2.73. The summed E-state index contributed by atoms with van der Waals surface area (Å²) in [6.07, 6.45) is 1.05. The smallest absolute Gasteiger partial charge is 0.161 e. The van der Waals surface area contributed by atoms with Crippen LogP contribution in [0.1, 0.15) is 31.0 Å². The van der Waals surface area contributed by atoms with E-state index >= 15 is 0 Å². The number of hydrogen-bond acceptors (Lipinski definition) is 3. The van der Waals surface area contributed by atoms with Crippen LogP contribution >= 0.6 is 12.4 Å². The van der Waals surface area contributed by atoms with Crippen molar-refractivity contribution in [1.82, 2.24) is 5.32 Å². The molecule has 0 radical (unpaired) electrons. The first-order valence-electron chi connectivity index (χ1n) is 6.15. The van der Waals surface area contributed by atoms with Crippen molar-refractivity contribution in [3.8, 4) is 11.5 Å². The summed E-state index contributed by atoms with van der Waals surface area (Å²) in [4.78, 5) is 0. The van der Waals surface area contributed by atoms with Gasteiger partial charge >= 0.3 is 0 Å². The van der Waals surface area contributed by atoms with Gasteiger partial charge in [-0.15, -0.1) is 12.4 Å². The van der Waals surface area contributed by atoms with E-state index in [2.05, 4.69) is 31.3 Å². The van der Waals surface area contributed by atoms with Gasteiger partial charge in [-0.3, -0.25) is 0 Å². The number of nitrogens with one attached hydrogen (secondary N) is 1. The van der Waals surface area contributed by atoms with Crippen molar-refractivity contribution >= 4 is 12.4 Å². The van der Waals surface area contributed by atoms with E-state index in [0.717, 1.165) is 24.5 Å². The predicted molar refractivity (Wildman–Crippen MR) is 76.1 cm³/mol. The molecule has 3 nitrogen and oxygen atoms in total. The van der Waals surface area contributed by atoms with Crippen molar-refractivity contribution in [1.29, 1.82) is 0 Å². The van der Waals surface area contributed by atoms with Gasteiger partial charge in [0.05, 0.1) is 14.2 Å². The van der Waals surface area contributed by atoms with Crippen LogP contribution in [0.3, 0.4) is 0 Å². The zero-order valence-electron chi connectivity index (χ0n) is 11.4. The molecule has 0 amide bonds. The fourth-order valence-corrected chi connectivity index (χ4v) is 2.51. The molecule has 0 saturated carbocycles. The fourth-order valence-electron chi connectivity index (χ4n) is 2.51. The van der Waals surface area contributed by atoms with E-state index in [-0.39, 0.29) is 12.4 Å². The van der Waals surface area contributed by atoms with Gasteiger partial charge in [0.1, 0.15) is 0 Å². The van der Waals surface area contributed by atoms with E-state index in [1.54, 1.807) is 14.2 Å². The zero-order valence-corrected chi connectivity index (χ0v) is 12.3. The van der Waals surface area contributed by atoms with E-state index in [1.165, 1.54) is 11.1 Å². The van der Waals surface area contributed by atoms with Crippen LogP contribution in [-0.2, 0) is 6.42 Å². The highest BCUT2D eigenvalue weighted by atomic mass is 35.5. The van der Waals surface area contributed by atoms with Gasteiger partial charge in [0.25, 0.3) is 0 Å². The van der Waals surface area contributed by atoms with Crippen molar-refractivity contribution < 1.29 is 9.47 Å². The molecule has 1 atom stereocenters. The maximum Gasteiger partial charge on any atom is 0.161 e. The van der Waals surface area contributed by atoms with Crippen molar-refractivity contribution in [2.24, 2.45) is 5.92 Å². The molecule has 0 fully saturated rings. The van der Waals surface area contributed by atoms with Crippen LogP contribution in [0, 0.1) is 5.92 Å². The number of benzene rings is 1. The molecule has 1 N–H and O–H groups in total. The summed E-state index contributed by atoms with van der Waals surface area (Å²) in [6.45, 7) is 5.51. The summed E-state index contributed by atoms with van der Waals surface area (Å²) in [7, 11) is 3.37. The topological polar surface area (TPSA) is 30.5 Å². The molecule has 102 valence electrons. The van der Waals surface area contributed by atoms with Crippen molar-refractivity contribution in [3.05, 3.63) is 23.3 Å². The molecule has 1 aliphatic heterocycles. The third kappa shape index (κ3) is 2.73. The third-order valence-corrected chi connectivity index (χ3v) is 3.41. The maximum absolute atomic E-state index is 5.38. The number of halogens is 1. The van der Waals surface area contributed by atoms with Gasteiger partial charge in [0.2, 0.25) is 0 Å². The van der Waals surface area contributed by atoms with E-state index < -0.39 is 0 Å². The van der Waals surface area contributed by atoms with Gasteiger partial charge in [-0.1, -0.05) is 13.8 Å². The van der Waals surface area contributed by atoms with Crippen molar-refractivity contribution in [2.75, 3.05) is 20.8 Å². The molecule has 0 spiro atoms. The number of methoxy groups -OCH3 is 2. The van der Waals surface area contributed by atoms with Crippen LogP contribution < -0.4 is 14.8 Å². The molecule has 1 aromatic rings. The Morgan fingerprint density at radius 1 is 1.17 bits per heavy atom. The quantitative estimate of drug-likeness (QED) is 0.917. The monoisotopic (exact) mass is 271 g/mol. The van der Waals surface area contributed by atoms with E-state index in [4.69, 9.17) is 9.47 Å². The van der Waals surface area contributed by atoms with Crippen molar-refractivity contribution in [3.63, 3.8) is 0 Å². The molecule has 1 heterocycles. The van der Waals surface area contributed by atoms with Gasteiger partial charge in [0.15, 0.2) is 11.5 Å². The molecule has 4 heteroatoms. The average molecular weight is 272 g/mol. The highest BCUT2D eigenvalue weighted by Crippen LogP contribution is 2.37. The summed E-state index contributed by atoms with van der Waals surface area (Å²) < 4.78 is 10.7. The van der Waals surface area contributed by atoms with Crippen LogP contribution in [0.25, 0.3) is 0 Å². The highest BCUT2D eigenvalue weighted by molar-refractivity contribution is 5.85. The molecule has 0 aromatic heterocycles. The van der Waals surface area contributed by atoms with Gasteiger partial charge in [-0.05, 0) is 42.1 Å². The zero-order chi connectivity index (χ0) is 12.4. The number of ether oxygens (including phenoxy) is 2. The van der Waals surface area contributed by atoms with Crippen LogP contribution in [0.15, 0.2) is 12.1 Å². The predicted octanol–water partition coefficient (Wildman–Crippen LogP) is 2.97. The maximum atomic E-state index is 5.38. The Morgan fingerprint density at radius 3 is 2.33 bits per heavy atom. The number of rotatable bonds is 3. The Labute approximate surface area is 115 Å². The lowest BCUT2D eigenvalue weighted by molar-refractivity contribution is 0.347. The van der Waals surface area contributed by atoms with Crippen LogP contribution in [0.2, 0.25) is 0 Å². The summed E-state index contributed by atoms with van der Waals surface area (Å²) in [5, 5.41) is 3.57. The van der Waals surface area contributed by atoms with Crippen LogP contribution in [0.4, 0.5) is 0 Å². The molecular formula is C14H22ClNO2. The summed E-state index contributed by atoms with van der Waals surface area (Å²) in [5.74, 6) is 2.23. The van der Waals surface area contributed by atoms with Gasteiger partial charge in [0, 0.05) is 6.04 Å². The Hall–Kier alpha value is -0.930. The Balaban J connectivity index is 0.00000162. The number of fused-ring (bicyclic) bond motifs is 1. The number of hydrogen-bond donors (Lipinski definition) is 1. The van der Waals surface area contributed by atoms with E-state index in [9.17, 15) is 0 Å². The molecule has 0 aliphatic carbocycles. The fraction of sp³-hybridized carbons (Fsp3) is 0.571. The Bertz CT molecular complexity index is 407. The first-order valence-corrected chi connectivity index (χ1v) is 6.15. The molecule has 1 aromatic carbocycles. The Kier molecular flexibility index (Phi) is 5.29. The lowest BCUT2D eigenvalue weighted by Gasteiger charge is -2.30. The normalized spacial score (nSPS) is 17.9. The summed E-state index contributed by atoms with van der Waals surface area (Å²) >= 11 is 0. The minimum absolute atomic E-state index is 0. The van der Waals surface area contributed by atoms with Crippen LogP contribution in [-0.4, -0.2) is 20.8 Å². The first-order chi connectivity index (χ1) is 8.17. The lowest BCUT2D eigenvalue weighted by atomic mass is 9.87. The molecule has 1 unspecified atom stereocenters. The van der Waals surface area contributed by atoms with Crippen molar-refractivity contribution in [2.45, 2.75) is 26.3 Å². The molecular weight excluding hydrogens is 250 g/mol. The van der Waals surface area contributed by atoms with E-state index in [0.29, 0.717) is 12.0 Å². The molecule has 0 saturated heterocycles. The standard InChI is InChI=1S/C14H21NO2.ClH/c1-9(2)14-11-8-13(17-4)12(16-3)7-10(11)5-6-15-14;/h7-9,14-15H,5-6H2,1-4H3;1H. The van der Waals surface area contributed by atoms with E-state index in [1.807, 2.05) is 0 Å². The lowest BCUT2D eigenvalue weighted by Crippen LogP contribution is -2.33. The average Bonchev–Trinajstić information content (AvgIpc) is 2.35. The minimum Gasteiger partial charge on any atom is -0.493 e. The molecule has 18 heavy (non-hydrogen) atoms. The largest absolute Gasteiger partial charge is 0.493 e. The van der Waals surface area contributed by atoms with Crippen LogP contribution in [0.5, 0.6) is 11.5 Å². The molecule has 0 bridgehead atoms. The Morgan fingerprint density at radius 2 is 1.78 bits per heavy atom. The minimum atomic E-state index is 0. The second-order valence-electron chi connectivity index (χ2n) is 4.83.